The fourth-order valence-corrected chi connectivity index (χ4v) is 3.50. The van der Waals surface area contributed by atoms with E-state index in [9.17, 15) is 0 Å². The van der Waals surface area contributed by atoms with Gasteiger partial charge in [-0.25, -0.2) is 4.98 Å². The Hall–Kier alpha value is -1.95. The number of hydrogen-bond acceptors (Lipinski definition) is 4. The smallest absolute Gasteiger partial charge is 0.181 e. The molecule has 0 radical (unpaired) electrons. The molecule has 1 aromatic carbocycles. The Labute approximate surface area is 147 Å². The molecule has 2 aromatic heterocycles. The molecule has 3 N–H and O–H groups in total. The van der Waals surface area contributed by atoms with Gasteiger partial charge in [-0.1, -0.05) is 30.3 Å². The fraction of sp³-hybridized carbons (Fsp3) is 0.333. The molecule has 5 nitrogen and oxygen atoms in total. The second-order valence-electron chi connectivity index (χ2n) is 6.44. The second-order valence-corrected chi connectivity index (χ2v) is 6.44. The van der Waals surface area contributed by atoms with Crippen molar-refractivity contribution < 1.29 is 0 Å². The summed E-state index contributed by atoms with van der Waals surface area (Å²) < 4.78 is 0. The molecule has 0 aliphatic carbocycles. The number of aromatic nitrogens is 3. The first kappa shape index (κ1) is 16.9. The number of nitrogens with two attached hydrogens (primary N) is 1. The minimum absolute atomic E-state index is 0. The van der Waals surface area contributed by atoms with Gasteiger partial charge in [0, 0.05) is 48.9 Å². The van der Waals surface area contributed by atoms with Crippen LogP contribution >= 0.6 is 12.4 Å². The molecule has 126 valence electrons. The molecular formula is C18H22ClN5. The standard InChI is InChI=1S/C18H21N5.ClH/c1-12-15-7-13(8-20-18(15)22-21-12)9-23-10-16(17(19)11-23)14-5-3-2-4-6-14;/h2-8,16-17H,9-11,19H2,1H3,(H,20,21,22);1H/t16-,17+;/m0./s1. The van der Waals surface area contributed by atoms with Gasteiger partial charge in [0.25, 0.3) is 0 Å². The van der Waals surface area contributed by atoms with E-state index in [-0.39, 0.29) is 18.4 Å². The SMILES string of the molecule is Cc1[nH]nc2ncc(CN3C[C@@H](N)[C@H](c4ccccc4)C3)cc12.Cl. The third kappa shape index (κ3) is 3.15. The maximum absolute atomic E-state index is 6.38. The van der Waals surface area contributed by atoms with Crippen LogP contribution in [0.1, 0.15) is 22.7 Å². The van der Waals surface area contributed by atoms with Crippen LogP contribution in [0.4, 0.5) is 0 Å². The van der Waals surface area contributed by atoms with Gasteiger partial charge >= 0.3 is 0 Å². The summed E-state index contributed by atoms with van der Waals surface area (Å²) in [6, 6.07) is 12.9. The molecule has 3 aromatic rings. The number of rotatable bonds is 3. The quantitative estimate of drug-likeness (QED) is 0.767. The highest BCUT2D eigenvalue weighted by molar-refractivity contribution is 5.85. The molecule has 2 atom stereocenters. The van der Waals surface area contributed by atoms with Crippen molar-refractivity contribution in [2.24, 2.45) is 5.73 Å². The van der Waals surface area contributed by atoms with E-state index in [0.29, 0.717) is 5.92 Å². The molecule has 3 heterocycles. The molecule has 6 heteroatoms. The van der Waals surface area contributed by atoms with Crippen molar-refractivity contribution in [1.82, 2.24) is 20.1 Å². The van der Waals surface area contributed by atoms with Crippen LogP contribution in [0.15, 0.2) is 42.6 Å². The maximum Gasteiger partial charge on any atom is 0.181 e. The summed E-state index contributed by atoms with van der Waals surface area (Å²) in [4.78, 5) is 6.86. The van der Waals surface area contributed by atoms with Gasteiger partial charge < -0.3 is 5.73 Å². The Kier molecular flexibility index (Phi) is 4.85. The van der Waals surface area contributed by atoms with Gasteiger partial charge in [-0.2, -0.15) is 5.10 Å². The number of nitrogens with zero attached hydrogens (tertiary/aromatic N) is 3. The molecule has 0 saturated carbocycles. The Bertz CT molecular complexity index is 817. The van der Waals surface area contributed by atoms with Crippen molar-refractivity contribution in [3.63, 3.8) is 0 Å². The van der Waals surface area contributed by atoms with E-state index in [4.69, 9.17) is 5.73 Å². The van der Waals surface area contributed by atoms with E-state index >= 15 is 0 Å². The number of nitrogens with one attached hydrogen (secondary N) is 1. The summed E-state index contributed by atoms with van der Waals surface area (Å²) in [6.45, 7) is 4.82. The second kappa shape index (κ2) is 6.89. The third-order valence-corrected chi connectivity index (χ3v) is 4.73. The van der Waals surface area contributed by atoms with Crippen molar-refractivity contribution in [3.05, 3.63) is 59.4 Å². The summed E-state index contributed by atoms with van der Waals surface area (Å²) in [6.07, 6.45) is 1.92. The predicted molar refractivity (Wildman–Crippen MR) is 98.3 cm³/mol. The number of fused-ring (bicyclic) bond motifs is 1. The zero-order valence-corrected chi connectivity index (χ0v) is 14.5. The molecule has 1 aliphatic heterocycles. The number of aryl methyl sites for hydroxylation is 1. The molecule has 0 bridgehead atoms. The van der Waals surface area contributed by atoms with E-state index < -0.39 is 0 Å². The van der Waals surface area contributed by atoms with Gasteiger partial charge in [0.05, 0.1) is 0 Å². The molecule has 0 spiro atoms. The van der Waals surface area contributed by atoms with Crippen LogP contribution in [0.3, 0.4) is 0 Å². The Morgan fingerprint density at radius 2 is 2.04 bits per heavy atom. The van der Waals surface area contributed by atoms with E-state index in [2.05, 4.69) is 56.5 Å². The minimum Gasteiger partial charge on any atom is -0.326 e. The van der Waals surface area contributed by atoms with Crippen molar-refractivity contribution >= 4 is 23.4 Å². The number of aromatic amines is 1. The van der Waals surface area contributed by atoms with E-state index in [1.54, 1.807) is 0 Å². The lowest BCUT2D eigenvalue weighted by Crippen LogP contribution is -2.28. The zero-order chi connectivity index (χ0) is 15.8. The molecule has 4 rings (SSSR count). The van der Waals surface area contributed by atoms with Crippen LogP contribution in [0.5, 0.6) is 0 Å². The van der Waals surface area contributed by atoms with E-state index in [1.165, 1.54) is 11.1 Å². The van der Waals surface area contributed by atoms with E-state index in [0.717, 1.165) is 36.4 Å². The summed E-state index contributed by atoms with van der Waals surface area (Å²) in [5.74, 6) is 0.406. The number of hydrogen-bond donors (Lipinski definition) is 2. The van der Waals surface area contributed by atoms with Crippen LogP contribution in [-0.2, 0) is 6.54 Å². The first-order valence-corrected chi connectivity index (χ1v) is 8.03. The predicted octanol–water partition coefficient (Wildman–Crippen LogP) is 2.61. The molecule has 0 amide bonds. The first-order chi connectivity index (χ1) is 11.2. The van der Waals surface area contributed by atoms with Crippen molar-refractivity contribution in [2.45, 2.75) is 25.4 Å². The van der Waals surface area contributed by atoms with Crippen LogP contribution in [0.25, 0.3) is 11.0 Å². The largest absolute Gasteiger partial charge is 0.326 e. The Morgan fingerprint density at radius 3 is 2.83 bits per heavy atom. The van der Waals surface area contributed by atoms with Crippen molar-refractivity contribution in [3.8, 4) is 0 Å². The van der Waals surface area contributed by atoms with Gasteiger partial charge in [-0.3, -0.25) is 10.00 Å². The summed E-state index contributed by atoms with van der Waals surface area (Å²) in [5, 5.41) is 8.27. The highest BCUT2D eigenvalue weighted by Gasteiger charge is 2.31. The fourth-order valence-electron chi connectivity index (χ4n) is 3.50. The highest BCUT2D eigenvalue weighted by Crippen LogP contribution is 2.27. The molecule has 1 fully saturated rings. The van der Waals surface area contributed by atoms with Gasteiger partial charge in [0.1, 0.15) is 0 Å². The zero-order valence-electron chi connectivity index (χ0n) is 13.6. The lowest BCUT2D eigenvalue weighted by molar-refractivity contribution is 0.323. The number of H-pyrrole nitrogens is 1. The van der Waals surface area contributed by atoms with Crippen LogP contribution in [-0.4, -0.2) is 39.2 Å². The van der Waals surface area contributed by atoms with Crippen LogP contribution in [0, 0.1) is 6.92 Å². The van der Waals surface area contributed by atoms with Gasteiger partial charge in [0.15, 0.2) is 5.65 Å². The Morgan fingerprint density at radius 1 is 1.25 bits per heavy atom. The summed E-state index contributed by atoms with van der Waals surface area (Å²) in [7, 11) is 0. The van der Waals surface area contributed by atoms with Gasteiger partial charge in [0.2, 0.25) is 0 Å². The van der Waals surface area contributed by atoms with Crippen LogP contribution in [0.2, 0.25) is 0 Å². The lowest BCUT2D eigenvalue weighted by Gasteiger charge is -2.16. The molecule has 24 heavy (non-hydrogen) atoms. The first-order valence-electron chi connectivity index (χ1n) is 8.03. The maximum atomic E-state index is 6.38. The van der Waals surface area contributed by atoms with Gasteiger partial charge in [-0.15, -0.1) is 12.4 Å². The molecule has 0 unspecified atom stereocenters. The van der Waals surface area contributed by atoms with Crippen molar-refractivity contribution in [2.75, 3.05) is 13.1 Å². The third-order valence-electron chi connectivity index (χ3n) is 4.73. The summed E-state index contributed by atoms with van der Waals surface area (Å²) >= 11 is 0. The molecule has 1 aliphatic rings. The summed E-state index contributed by atoms with van der Waals surface area (Å²) in [5.41, 5.74) is 10.8. The normalized spacial score (nSPS) is 21.1. The number of pyridine rings is 1. The molecular weight excluding hydrogens is 322 g/mol. The number of benzene rings is 1. The average Bonchev–Trinajstić information content (AvgIpc) is 3.12. The lowest BCUT2D eigenvalue weighted by atomic mass is 9.95. The van der Waals surface area contributed by atoms with E-state index in [1.807, 2.05) is 13.1 Å². The topological polar surface area (TPSA) is 70.8 Å². The van der Waals surface area contributed by atoms with Crippen LogP contribution < -0.4 is 5.73 Å². The van der Waals surface area contributed by atoms with Crippen molar-refractivity contribution in [1.29, 1.82) is 0 Å². The minimum atomic E-state index is 0. The Balaban J connectivity index is 0.00000169. The monoisotopic (exact) mass is 343 g/mol. The average molecular weight is 344 g/mol. The highest BCUT2D eigenvalue weighted by atomic mass is 35.5. The number of halogens is 1. The molecule has 1 saturated heterocycles. The number of likely N-dealkylation sites (tertiary alicyclic amines) is 1. The van der Waals surface area contributed by atoms with Gasteiger partial charge in [-0.05, 0) is 24.1 Å².